The number of rotatable bonds is 14. The minimum Gasteiger partial charge on any atom is -0.450 e. The number of hydrogen-bond donors (Lipinski definition) is 0. The summed E-state index contributed by atoms with van der Waals surface area (Å²) in [5.74, 6) is -4.33. The van der Waals surface area contributed by atoms with Gasteiger partial charge < -0.3 is 52.1 Å². The highest BCUT2D eigenvalue weighted by Gasteiger charge is 2.61. The van der Waals surface area contributed by atoms with Crippen LogP contribution in [0, 0.1) is 0 Å². The molecule has 4 aliphatic rings. The Balaban J connectivity index is 1.19. The third-order valence-corrected chi connectivity index (χ3v) is 9.71. The van der Waals surface area contributed by atoms with Gasteiger partial charge in [-0.1, -0.05) is 91.0 Å². The van der Waals surface area contributed by atoms with Crippen LogP contribution in [0.25, 0.3) is 0 Å². The highest BCUT2D eigenvalue weighted by molar-refractivity contribution is 5.75. The van der Waals surface area contributed by atoms with E-state index in [1.165, 1.54) is 0 Å². The van der Waals surface area contributed by atoms with Crippen LogP contribution in [0.4, 0.5) is 13.2 Å². The van der Waals surface area contributed by atoms with E-state index in [1.54, 1.807) is 52.0 Å². The number of hydrogen-bond acceptors (Lipinski definition) is 12. The van der Waals surface area contributed by atoms with Crippen LogP contribution in [-0.2, 0) is 76.7 Å². The Morgan fingerprint density at radius 2 is 1.11 bits per heavy atom. The third-order valence-electron chi connectivity index (χ3n) is 9.71. The average molecular weight is 789 g/mol. The van der Waals surface area contributed by atoms with E-state index in [1.807, 2.05) is 66.7 Å². The lowest BCUT2D eigenvalue weighted by Gasteiger charge is -2.46. The largest absolute Gasteiger partial charge is 0.490 e. The molecule has 3 aromatic carbocycles. The first-order valence-electron chi connectivity index (χ1n) is 18.6. The van der Waals surface area contributed by atoms with Crippen LogP contribution in [0.3, 0.4) is 0 Å². The van der Waals surface area contributed by atoms with Gasteiger partial charge in [0.25, 0.3) is 0 Å². The Labute approximate surface area is 323 Å². The predicted octanol–water partition coefficient (Wildman–Crippen LogP) is 5.99. The van der Waals surface area contributed by atoms with Gasteiger partial charge in [-0.3, -0.25) is 0 Å². The fraction of sp³-hybridized carbons (Fsp3) is 0.537. The van der Waals surface area contributed by atoms with Crippen LogP contribution in [0.15, 0.2) is 91.0 Å². The number of benzene rings is 3. The maximum absolute atomic E-state index is 13.9. The zero-order valence-corrected chi connectivity index (χ0v) is 31.5. The molecule has 0 N–H and O–H groups in total. The second-order valence-corrected chi connectivity index (χ2v) is 15.0. The summed E-state index contributed by atoms with van der Waals surface area (Å²) in [5.41, 5.74) is 2.29. The van der Waals surface area contributed by atoms with Crippen molar-refractivity contribution in [3.8, 4) is 0 Å². The molecule has 4 aliphatic heterocycles. The topological polar surface area (TPSA) is 119 Å². The Kier molecular flexibility index (Phi) is 12.5. The molecule has 12 nitrogen and oxygen atoms in total. The molecule has 0 bridgehead atoms. The molecule has 15 heteroatoms. The number of halogens is 3. The first kappa shape index (κ1) is 40.7. The Bertz CT molecular complexity index is 1710. The standard InChI is InChI=1S/C41H47F3O12/c1-39(2)53-31-29(51-37-35(33(31)54-39)55-40(3,4)56-37)24-49-36-34(48-22-27-18-12-7-13-19-27)32(47-21-26-16-10-6-11-17-26)30(52-38(45)41(42,43)44)28(50-36)23-46-20-25-14-8-5-9-15-25/h5-19,28-37H,20-24H2,1-4H3/t28-,29-,30+,31+,32+,33+,34-,35-,36-,37-/m1/s1. The highest BCUT2D eigenvalue weighted by Crippen LogP contribution is 2.44. The van der Waals surface area contributed by atoms with Crippen LogP contribution in [0.5, 0.6) is 0 Å². The summed E-state index contributed by atoms with van der Waals surface area (Å²) >= 11 is 0. The molecule has 0 saturated carbocycles. The monoisotopic (exact) mass is 788 g/mol. The van der Waals surface area contributed by atoms with Crippen molar-refractivity contribution in [3.05, 3.63) is 108 Å². The highest BCUT2D eigenvalue weighted by atomic mass is 19.4. The van der Waals surface area contributed by atoms with E-state index in [9.17, 15) is 18.0 Å². The van der Waals surface area contributed by atoms with Crippen molar-refractivity contribution >= 4 is 5.97 Å². The van der Waals surface area contributed by atoms with Crippen LogP contribution in [0.1, 0.15) is 44.4 Å². The third kappa shape index (κ3) is 9.96. The lowest BCUT2D eigenvalue weighted by molar-refractivity contribution is -0.335. The van der Waals surface area contributed by atoms with Crippen molar-refractivity contribution in [2.75, 3.05) is 13.2 Å². The summed E-state index contributed by atoms with van der Waals surface area (Å²) in [6, 6.07) is 27.4. The van der Waals surface area contributed by atoms with Crippen LogP contribution < -0.4 is 0 Å². The first-order chi connectivity index (χ1) is 26.7. The normalized spacial score (nSPS) is 32.1. The number of carbonyl (C=O) groups excluding carboxylic acids is 1. The molecule has 4 fully saturated rings. The number of alkyl halides is 3. The molecule has 0 spiro atoms. The zero-order valence-electron chi connectivity index (χ0n) is 31.5. The molecule has 304 valence electrons. The minimum absolute atomic E-state index is 0.00514. The summed E-state index contributed by atoms with van der Waals surface area (Å²) in [6.07, 6.45) is -15.5. The smallest absolute Gasteiger partial charge is 0.450 e. The Hall–Kier alpha value is -3.48. The molecule has 0 aliphatic carbocycles. The quantitative estimate of drug-likeness (QED) is 0.179. The predicted molar refractivity (Wildman–Crippen MR) is 189 cm³/mol. The molecule has 0 unspecified atom stereocenters. The van der Waals surface area contributed by atoms with Gasteiger partial charge in [-0.05, 0) is 44.4 Å². The molecule has 7 rings (SSSR count). The molecule has 0 aromatic heterocycles. The Morgan fingerprint density at radius 3 is 1.70 bits per heavy atom. The van der Waals surface area contributed by atoms with Crippen molar-refractivity contribution < 1.29 is 70.1 Å². The molecule has 56 heavy (non-hydrogen) atoms. The van der Waals surface area contributed by atoms with Crippen LogP contribution in [-0.4, -0.2) is 98.3 Å². The lowest BCUT2D eigenvalue weighted by atomic mass is 9.97. The molecule has 0 amide bonds. The van der Waals surface area contributed by atoms with E-state index >= 15 is 0 Å². The summed E-state index contributed by atoms with van der Waals surface area (Å²) in [4.78, 5) is 12.6. The number of esters is 1. The average Bonchev–Trinajstić information content (AvgIpc) is 3.67. The maximum Gasteiger partial charge on any atom is 0.490 e. The number of carbonyl (C=O) groups is 1. The SMILES string of the molecule is CC1(C)O[C@H]2[C@@H](O1)[C@@H](CO[C@@H]1O[C@H](COCc3ccccc3)[C@H](OC(=O)C(F)(F)F)[C@H](OCc3ccccc3)[C@H]1OCc1ccccc1)O[C@@H]1OC(C)(C)O[C@@H]12. The van der Waals surface area contributed by atoms with Gasteiger partial charge >= 0.3 is 12.1 Å². The number of ether oxygens (including phenoxy) is 11. The van der Waals surface area contributed by atoms with E-state index in [4.69, 9.17) is 52.1 Å². The number of fused-ring (bicyclic) bond motifs is 3. The van der Waals surface area contributed by atoms with Gasteiger partial charge in [-0.25, -0.2) is 4.79 Å². The Morgan fingerprint density at radius 1 is 0.589 bits per heavy atom. The van der Waals surface area contributed by atoms with E-state index in [-0.39, 0.29) is 33.0 Å². The second kappa shape index (κ2) is 17.2. The van der Waals surface area contributed by atoms with Gasteiger partial charge in [0.15, 0.2) is 30.3 Å². The zero-order chi connectivity index (χ0) is 39.5. The van der Waals surface area contributed by atoms with Crippen molar-refractivity contribution in [2.24, 2.45) is 0 Å². The van der Waals surface area contributed by atoms with Crippen molar-refractivity contribution in [1.29, 1.82) is 0 Å². The van der Waals surface area contributed by atoms with E-state index in [0.717, 1.165) is 16.7 Å². The fourth-order valence-electron chi connectivity index (χ4n) is 7.26. The van der Waals surface area contributed by atoms with Gasteiger partial charge in [-0.2, -0.15) is 13.2 Å². The summed E-state index contributed by atoms with van der Waals surface area (Å²) < 4.78 is 110. The van der Waals surface area contributed by atoms with E-state index in [2.05, 4.69) is 0 Å². The molecule has 3 aromatic rings. The lowest BCUT2D eigenvalue weighted by Crippen LogP contribution is -2.63. The maximum atomic E-state index is 13.9. The molecule has 0 radical (unpaired) electrons. The molecular weight excluding hydrogens is 741 g/mol. The first-order valence-corrected chi connectivity index (χ1v) is 18.6. The summed E-state index contributed by atoms with van der Waals surface area (Å²) in [7, 11) is 0. The van der Waals surface area contributed by atoms with E-state index < -0.39 is 85.1 Å². The second-order valence-electron chi connectivity index (χ2n) is 15.0. The molecular formula is C41H47F3O12. The van der Waals surface area contributed by atoms with Crippen molar-refractivity contribution in [3.63, 3.8) is 0 Å². The van der Waals surface area contributed by atoms with Crippen LogP contribution in [0.2, 0.25) is 0 Å². The van der Waals surface area contributed by atoms with Gasteiger partial charge in [0.2, 0.25) is 0 Å². The van der Waals surface area contributed by atoms with Crippen molar-refractivity contribution in [2.45, 2.75) is 127 Å². The van der Waals surface area contributed by atoms with Gasteiger partial charge in [0, 0.05) is 0 Å². The molecule has 10 atom stereocenters. The van der Waals surface area contributed by atoms with Crippen LogP contribution >= 0.6 is 0 Å². The summed E-state index contributed by atoms with van der Waals surface area (Å²) in [6.45, 7) is 6.71. The summed E-state index contributed by atoms with van der Waals surface area (Å²) in [5, 5.41) is 0. The molecule has 4 saturated heterocycles. The molecule has 4 heterocycles. The van der Waals surface area contributed by atoms with Gasteiger partial charge in [0.1, 0.15) is 42.7 Å². The van der Waals surface area contributed by atoms with Crippen molar-refractivity contribution in [1.82, 2.24) is 0 Å². The van der Waals surface area contributed by atoms with Gasteiger partial charge in [-0.15, -0.1) is 0 Å². The fourth-order valence-corrected chi connectivity index (χ4v) is 7.26. The minimum atomic E-state index is -5.31. The van der Waals surface area contributed by atoms with Gasteiger partial charge in [0.05, 0.1) is 33.0 Å². The van der Waals surface area contributed by atoms with E-state index in [0.29, 0.717) is 0 Å².